The molecule has 0 saturated carbocycles. The number of likely N-dealkylation sites (tertiary alicyclic amines) is 1. The molecule has 3 aliphatic rings. The van der Waals surface area contributed by atoms with Crippen molar-refractivity contribution in [2.24, 2.45) is 21.8 Å². The number of hydrogen-bond donors (Lipinski definition) is 0. The van der Waals surface area contributed by atoms with Crippen LogP contribution in [0.5, 0.6) is 0 Å². The maximum absolute atomic E-state index is 13.4. The maximum Gasteiger partial charge on any atom is 0.259 e. The molecule has 1 fully saturated rings. The minimum atomic E-state index is -0.487. The number of fused-ring (bicyclic) bond motifs is 3. The van der Waals surface area contributed by atoms with Gasteiger partial charge >= 0.3 is 0 Å². The highest BCUT2D eigenvalue weighted by molar-refractivity contribution is 8.14. The average Bonchev–Trinajstić information content (AvgIpc) is 3.13. The first-order valence-corrected chi connectivity index (χ1v) is 12.5. The van der Waals surface area contributed by atoms with Gasteiger partial charge in [-0.25, -0.2) is 9.89 Å². The highest BCUT2D eigenvalue weighted by Crippen LogP contribution is 2.34. The van der Waals surface area contributed by atoms with Gasteiger partial charge in [0.15, 0.2) is 5.17 Å². The van der Waals surface area contributed by atoms with E-state index in [1.807, 2.05) is 59.5 Å². The van der Waals surface area contributed by atoms with Crippen molar-refractivity contribution in [3.63, 3.8) is 0 Å². The lowest BCUT2D eigenvalue weighted by Crippen LogP contribution is -2.45. The number of carbonyl (C=O) groups excluding carboxylic acids is 2. The Bertz CT molecular complexity index is 1120. The zero-order valence-electron chi connectivity index (χ0n) is 19.0. The number of amides is 2. The van der Waals surface area contributed by atoms with Crippen molar-refractivity contribution in [1.29, 1.82) is 0 Å². The van der Waals surface area contributed by atoms with Crippen LogP contribution in [0.4, 0.5) is 5.69 Å². The Balaban J connectivity index is 1.37. The smallest absolute Gasteiger partial charge is 0.259 e. The zero-order chi connectivity index (χ0) is 22.9. The van der Waals surface area contributed by atoms with Crippen LogP contribution < -0.4 is 0 Å². The van der Waals surface area contributed by atoms with Gasteiger partial charge in [0.2, 0.25) is 5.91 Å². The van der Waals surface area contributed by atoms with Crippen LogP contribution in [-0.4, -0.2) is 57.5 Å². The number of benzene rings is 2. The van der Waals surface area contributed by atoms with Gasteiger partial charge in [-0.2, -0.15) is 0 Å². The van der Waals surface area contributed by atoms with Gasteiger partial charge in [-0.15, -0.1) is 0 Å². The molecule has 3 heterocycles. The van der Waals surface area contributed by atoms with Gasteiger partial charge in [0, 0.05) is 25.1 Å². The summed E-state index contributed by atoms with van der Waals surface area (Å²) < 4.78 is 0. The fraction of sp³-hybridized carbons (Fsp3) is 0.385. The van der Waals surface area contributed by atoms with E-state index < -0.39 is 6.04 Å². The summed E-state index contributed by atoms with van der Waals surface area (Å²) in [5, 5.41) is 0.541. The van der Waals surface area contributed by atoms with E-state index >= 15 is 0 Å². The number of nitrogens with zero attached hydrogens (tertiary/aromatic N) is 4. The van der Waals surface area contributed by atoms with Crippen molar-refractivity contribution in [1.82, 2.24) is 9.80 Å². The SMILES string of the molecule is C[C@@H]1C[C@H](C)CN(C(=O)CSC2=Nc3ccccc3C3=N[C@H](Cc4ccccc4)C(=O)N23)C1. The topological polar surface area (TPSA) is 65.3 Å². The van der Waals surface area contributed by atoms with Crippen LogP contribution in [-0.2, 0) is 16.0 Å². The van der Waals surface area contributed by atoms with E-state index in [4.69, 9.17) is 9.98 Å². The van der Waals surface area contributed by atoms with E-state index in [0.717, 1.165) is 36.3 Å². The first-order valence-electron chi connectivity index (χ1n) is 11.5. The minimum absolute atomic E-state index is 0.0812. The number of carbonyl (C=O) groups is 2. The second-order valence-corrected chi connectivity index (χ2v) is 10.2. The van der Waals surface area contributed by atoms with Crippen LogP contribution in [0.1, 0.15) is 31.4 Å². The van der Waals surface area contributed by atoms with E-state index in [9.17, 15) is 9.59 Å². The number of amidine groups is 2. The molecule has 170 valence electrons. The Labute approximate surface area is 198 Å². The highest BCUT2D eigenvalue weighted by atomic mass is 32.2. The Morgan fingerprint density at radius 2 is 1.73 bits per heavy atom. The molecule has 0 unspecified atom stereocenters. The lowest BCUT2D eigenvalue weighted by molar-refractivity contribution is -0.131. The first kappa shape index (κ1) is 21.9. The number of piperidine rings is 1. The van der Waals surface area contributed by atoms with Crippen molar-refractivity contribution in [3.8, 4) is 0 Å². The molecule has 3 atom stereocenters. The summed E-state index contributed by atoms with van der Waals surface area (Å²) >= 11 is 1.34. The molecule has 3 aliphatic heterocycles. The zero-order valence-corrected chi connectivity index (χ0v) is 19.8. The quantitative estimate of drug-likeness (QED) is 0.689. The average molecular weight is 461 g/mol. The molecule has 5 rings (SSSR count). The molecule has 2 amide bonds. The van der Waals surface area contributed by atoms with E-state index in [1.54, 1.807) is 4.90 Å². The molecule has 0 bridgehead atoms. The van der Waals surface area contributed by atoms with Crippen LogP contribution in [0.2, 0.25) is 0 Å². The van der Waals surface area contributed by atoms with Crippen LogP contribution in [0.25, 0.3) is 0 Å². The summed E-state index contributed by atoms with van der Waals surface area (Å²) in [6, 6.07) is 17.2. The Hall–Kier alpha value is -2.93. The van der Waals surface area contributed by atoms with E-state index in [-0.39, 0.29) is 17.6 Å². The maximum atomic E-state index is 13.4. The molecule has 2 aromatic carbocycles. The molecule has 0 aromatic heterocycles. The monoisotopic (exact) mass is 460 g/mol. The summed E-state index contributed by atoms with van der Waals surface area (Å²) in [5.41, 5.74) is 2.72. The molecule has 0 N–H and O–H groups in total. The van der Waals surface area contributed by atoms with Gasteiger partial charge in [-0.3, -0.25) is 14.6 Å². The third-order valence-corrected chi connectivity index (χ3v) is 7.29. The fourth-order valence-corrected chi connectivity index (χ4v) is 5.86. The predicted octanol–water partition coefficient (Wildman–Crippen LogP) is 4.13. The lowest BCUT2D eigenvalue weighted by Gasteiger charge is -2.35. The molecule has 6 nitrogen and oxygen atoms in total. The van der Waals surface area contributed by atoms with Gasteiger partial charge in [0.25, 0.3) is 5.91 Å². The number of rotatable bonds is 4. The number of hydrogen-bond acceptors (Lipinski definition) is 5. The Morgan fingerprint density at radius 1 is 1.03 bits per heavy atom. The number of para-hydroxylation sites is 1. The molecule has 0 aliphatic carbocycles. The highest BCUT2D eigenvalue weighted by Gasteiger charge is 2.41. The summed E-state index contributed by atoms with van der Waals surface area (Å²) in [4.78, 5) is 39.6. The van der Waals surface area contributed by atoms with Crippen LogP contribution >= 0.6 is 11.8 Å². The van der Waals surface area contributed by atoms with Crippen LogP contribution in [0.15, 0.2) is 64.6 Å². The summed E-state index contributed by atoms with van der Waals surface area (Å²) in [6.07, 6.45) is 1.70. The summed E-state index contributed by atoms with van der Waals surface area (Å²) in [5.74, 6) is 1.95. The third-order valence-electron chi connectivity index (χ3n) is 6.37. The Morgan fingerprint density at radius 3 is 2.48 bits per heavy atom. The van der Waals surface area contributed by atoms with Crippen molar-refractivity contribution in [2.45, 2.75) is 32.7 Å². The first-order chi connectivity index (χ1) is 16.0. The normalized spacial score (nSPS) is 24.2. The minimum Gasteiger partial charge on any atom is -0.341 e. The molecular weight excluding hydrogens is 432 g/mol. The van der Waals surface area contributed by atoms with E-state index in [0.29, 0.717) is 29.3 Å². The van der Waals surface area contributed by atoms with Gasteiger partial charge in [-0.05, 0) is 36.0 Å². The van der Waals surface area contributed by atoms with Gasteiger partial charge < -0.3 is 4.90 Å². The van der Waals surface area contributed by atoms with Gasteiger partial charge in [0.1, 0.15) is 11.9 Å². The fourth-order valence-electron chi connectivity index (χ4n) is 4.95. The van der Waals surface area contributed by atoms with Crippen molar-refractivity contribution in [2.75, 3.05) is 18.8 Å². The Kier molecular flexibility index (Phi) is 6.06. The van der Waals surface area contributed by atoms with Crippen LogP contribution in [0.3, 0.4) is 0 Å². The second-order valence-electron chi connectivity index (χ2n) is 9.28. The largest absolute Gasteiger partial charge is 0.341 e. The summed E-state index contributed by atoms with van der Waals surface area (Å²) in [7, 11) is 0. The number of thioether (sulfide) groups is 1. The molecule has 0 spiro atoms. The third kappa shape index (κ3) is 4.47. The molecular formula is C26H28N4O2S. The van der Waals surface area contributed by atoms with E-state index in [1.165, 1.54) is 11.8 Å². The predicted molar refractivity (Wildman–Crippen MR) is 133 cm³/mol. The van der Waals surface area contributed by atoms with Gasteiger partial charge in [0.05, 0.1) is 11.4 Å². The van der Waals surface area contributed by atoms with Gasteiger partial charge in [-0.1, -0.05) is 68.1 Å². The van der Waals surface area contributed by atoms with Crippen LogP contribution in [0, 0.1) is 11.8 Å². The van der Waals surface area contributed by atoms with Crippen molar-refractivity contribution < 1.29 is 9.59 Å². The lowest BCUT2D eigenvalue weighted by atomic mass is 9.92. The van der Waals surface area contributed by atoms with E-state index in [2.05, 4.69) is 13.8 Å². The number of aliphatic imine (C=N–C) groups is 2. The second kappa shape index (κ2) is 9.14. The molecule has 2 aromatic rings. The molecule has 1 saturated heterocycles. The van der Waals surface area contributed by atoms with Crippen molar-refractivity contribution in [3.05, 3.63) is 65.7 Å². The van der Waals surface area contributed by atoms with Crippen molar-refractivity contribution >= 4 is 40.3 Å². The molecule has 0 radical (unpaired) electrons. The standard InChI is InChI=1S/C26H28N4O2S/c1-17-12-18(2)15-29(14-17)23(31)16-33-26-28-21-11-7-6-10-20(21)24-27-22(25(32)30(24)26)13-19-8-4-3-5-9-19/h3-11,17-18,22H,12-16H2,1-2H3/t17-,18+,22-/m1/s1. The molecule has 33 heavy (non-hydrogen) atoms. The molecule has 7 heteroatoms. The summed E-state index contributed by atoms with van der Waals surface area (Å²) in [6.45, 7) is 5.99.